The summed E-state index contributed by atoms with van der Waals surface area (Å²) in [7, 11) is 0. The predicted molar refractivity (Wildman–Crippen MR) is 99.8 cm³/mol. The van der Waals surface area contributed by atoms with Crippen LogP contribution in [-0.4, -0.2) is 17.7 Å². The second kappa shape index (κ2) is 7.05. The Morgan fingerprint density at radius 3 is 2.62 bits per heavy atom. The largest absolute Gasteiger partial charge is 0.396 e. The summed E-state index contributed by atoms with van der Waals surface area (Å²) >= 11 is 0. The highest BCUT2D eigenvalue weighted by atomic mass is 16.6. The Morgan fingerprint density at radius 1 is 1.08 bits per heavy atom. The van der Waals surface area contributed by atoms with E-state index in [0.29, 0.717) is 13.2 Å². The predicted octanol–water partition coefficient (Wildman–Crippen LogP) is 3.61. The quantitative estimate of drug-likeness (QED) is 0.576. The van der Waals surface area contributed by atoms with E-state index in [1.54, 1.807) is 0 Å². The number of nitrogens with zero attached hydrogens (tertiary/aromatic N) is 2. The van der Waals surface area contributed by atoms with Crippen molar-refractivity contribution in [1.29, 1.82) is 0 Å². The monoisotopic (exact) mass is 323 g/mol. The highest BCUT2D eigenvalue weighted by Crippen LogP contribution is 2.24. The smallest absolute Gasteiger partial charge is 0.121 e. The molecular weight excluding hydrogens is 298 g/mol. The zero-order valence-electron chi connectivity index (χ0n) is 14.7. The first kappa shape index (κ1) is 16.5. The van der Waals surface area contributed by atoms with Crippen molar-refractivity contribution in [3.05, 3.63) is 52.9 Å². The normalized spacial score (nSPS) is 12.2. The van der Waals surface area contributed by atoms with Crippen molar-refractivity contribution < 1.29 is 4.84 Å². The topological polar surface area (TPSA) is 52.5 Å². The molecule has 0 aliphatic heterocycles. The van der Waals surface area contributed by atoms with E-state index in [2.05, 4.69) is 53.9 Å². The number of para-hydroxylation sites is 1. The maximum atomic E-state index is 5.78. The van der Waals surface area contributed by atoms with Crippen LogP contribution < -0.4 is 11.1 Å². The van der Waals surface area contributed by atoms with Gasteiger partial charge < -0.3 is 15.1 Å². The number of fused-ring (bicyclic) bond motifs is 2. The molecule has 0 amide bonds. The second-order valence-corrected chi connectivity index (χ2v) is 6.07. The number of aromatic nitrogens is 1. The number of hydrogen-bond donors (Lipinski definition) is 1. The van der Waals surface area contributed by atoms with Gasteiger partial charge in [0.1, 0.15) is 12.0 Å². The average molecular weight is 323 g/mol. The van der Waals surface area contributed by atoms with Gasteiger partial charge in [0.15, 0.2) is 0 Å². The van der Waals surface area contributed by atoms with Crippen molar-refractivity contribution in [3.63, 3.8) is 0 Å². The Balaban J connectivity index is 2.52. The van der Waals surface area contributed by atoms with Gasteiger partial charge in [-0.1, -0.05) is 35.5 Å². The van der Waals surface area contributed by atoms with Gasteiger partial charge in [0, 0.05) is 17.3 Å². The molecule has 0 fully saturated rings. The van der Waals surface area contributed by atoms with E-state index in [4.69, 9.17) is 10.6 Å². The lowest BCUT2D eigenvalue weighted by Gasteiger charge is -2.18. The van der Waals surface area contributed by atoms with Crippen molar-refractivity contribution in [2.75, 3.05) is 13.2 Å². The van der Waals surface area contributed by atoms with Crippen LogP contribution in [0.4, 0.5) is 0 Å². The van der Waals surface area contributed by atoms with Crippen molar-refractivity contribution in [2.24, 2.45) is 10.9 Å². The Labute approximate surface area is 142 Å². The molecule has 4 nitrogen and oxygen atoms in total. The zero-order valence-corrected chi connectivity index (χ0v) is 14.7. The zero-order chi connectivity index (χ0) is 17.1. The summed E-state index contributed by atoms with van der Waals surface area (Å²) in [5, 5.41) is 7.58. The third-order valence-electron chi connectivity index (χ3n) is 4.55. The summed E-state index contributed by atoms with van der Waals surface area (Å²) < 4.78 is 2.38. The number of benzene rings is 2. The van der Waals surface area contributed by atoms with E-state index < -0.39 is 0 Å². The van der Waals surface area contributed by atoms with E-state index in [0.717, 1.165) is 29.1 Å². The van der Waals surface area contributed by atoms with Crippen LogP contribution in [0.5, 0.6) is 0 Å². The second-order valence-electron chi connectivity index (χ2n) is 6.07. The van der Waals surface area contributed by atoms with E-state index in [-0.39, 0.29) is 0 Å². The fraction of sp³-hybridized carbons (Fsp3) is 0.350. The van der Waals surface area contributed by atoms with Gasteiger partial charge in [0.25, 0.3) is 0 Å². The fourth-order valence-electron chi connectivity index (χ4n) is 3.22. The number of rotatable bonds is 5. The maximum absolute atomic E-state index is 5.78. The summed E-state index contributed by atoms with van der Waals surface area (Å²) in [4.78, 5) is 5.42. The molecule has 0 aliphatic rings. The molecular formula is C20H25N3O. The van der Waals surface area contributed by atoms with Crippen LogP contribution in [0.1, 0.15) is 24.5 Å². The van der Waals surface area contributed by atoms with Crippen molar-refractivity contribution in [2.45, 2.75) is 33.7 Å². The van der Waals surface area contributed by atoms with Crippen LogP contribution >= 0.6 is 0 Å². The molecule has 0 radical (unpaired) electrons. The molecule has 2 aromatic carbocycles. The molecule has 3 aromatic rings. The molecule has 4 heteroatoms. The molecule has 0 bridgehead atoms. The summed E-state index contributed by atoms with van der Waals surface area (Å²) in [5.41, 5.74) is 10.7. The lowest BCUT2D eigenvalue weighted by atomic mass is 10.0. The summed E-state index contributed by atoms with van der Waals surface area (Å²) in [6.07, 6.45) is 0.944. The van der Waals surface area contributed by atoms with E-state index >= 15 is 0 Å². The minimum Gasteiger partial charge on any atom is -0.396 e. The third kappa shape index (κ3) is 2.78. The van der Waals surface area contributed by atoms with E-state index in [9.17, 15) is 0 Å². The van der Waals surface area contributed by atoms with E-state index in [1.807, 2.05) is 13.0 Å². The third-order valence-corrected chi connectivity index (χ3v) is 4.55. The Morgan fingerprint density at radius 2 is 1.88 bits per heavy atom. The van der Waals surface area contributed by atoms with Crippen LogP contribution in [0.3, 0.4) is 0 Å². The van der Waals surface area contributed by atoms with Crippen LogP contribution in [0.2, 0.25) is 0 Å². The Kier molecular flexibility index (Phi) is 4.86. The van der Waals surface area contributed by atoms with Gasteiger partial charge in [-0.3, -0.25) is 0 Å². The number of hydrogen-bond acceptors (Lipinski definition) is 3. The molecule has 24 heavy (non-hydrogen) atoms. The molecule has 0 unspecified atom stereocenters. The molecule has 3 rings (SSSR count). The summed E-state index contributed by atoms with van der Waals surface area (Å²) in [6, 6.07) is 12.7. The summed E-state index contributed by atoms with van der Waals surface area (Å²) in [6.45, 7) is 8.41. The highest BCUT2D eigenvalue weighted by molar-refractivity contribution is 5.95. The van der Waals surface area contributed by atoms with Crippen molar-refractivity contribution in [1.82, 2.24) is 4.57 Å². The number of nitrogens with two attached hydrogens (primary N) is 1. The minimum absolute atomic E-state index is 0.558. The first-order valence-corrected chi connectivity index (χ1v) is 8.56. The molecule has 0 spiro atoms. The lowest BCUT2D eigenvalue weighted by Crippen LogP contribution is -2.16. The van der Waals surface area contributed by atoms with Crippen molar-refractivity contribution >= 4 is 21.8 Å². The van der Waals surface area contributed by atoms with Gasteiger partial charge in [-0.2, -0.15) is 0 Å². The standard InChI is InChI=1S/C20H25N3O/c1-4-24-22-19-16-8-5-6-9-18(16)23(13-7-12-21)20-15(3)14(2)10-11-17(19)20/h5-6,8-11H,4,7,12-13,21H2,1-3H3/b22-19-. The van der Waals surface area contributed by atoms with Crippen molar-refractivity contribution in [3.8, 4) is 0 Å². The van der Waals surface area contributed by atoms with Gasteiger partial charge in [-0.15, -0.1) is 0 Å². The number of aryl methyl sites for hydroxylation is 3. The summed E-state index contributed by atoms with van der Waals surface area (Å²) in [5.74, 6) is 0. The van der Waals surface area contributed by atoms with Crippen LogP contribution in [0.15, 0.2) is 41.6 Å². The fourth-order valence-corrected chi connectivity index (χ4v) is 3.22. The molecule has 0 saturated carbocycles. The molecule has 126 valence electrons. The molecule has 0 atom stereocenters. The number of pyridine rings is 1. The van der Waals surface area contributed by atoms with Crippen LogP contribution in [-0.2, 0) is 11.4 Å². The average Bonchev–Trinajstić information content (AvgIpc) is 2.61. The molecule has 1 heterocycles. The highest BCUT2D eigenvalue weighted by Gasteiger charge is 2.12. The Hall–Kier alpha value is -2.33. The van der Waals surface area contributed by atoms with Gasteiger partial charge >= 0.3 is 0 Å². The molecule has 0 aliphatic carbocycles. The van der Waals surface area contributed by atoms with Crippen LogP contribution in [0.25, 0.3) is 21.8 Å². The first-order chi connectivity index (χ1) is 11.7. The van der Waals surface area contributed by atoms with E-state index in [1.165, 1.54) is 22.2 Å². The van der Waals surface area contributed by atoms with Gasteiger partial charge in [-0.05, 0) is 50.9 Å². The molecule has 1 aromatic heterocycles. The van der Waals surface area contributed by atoms with Gasteiger partial charge in [0.2, 0.25) is 0 Å². The Bertz CT molecular complexity index is 941. The molecule has 0 saturated heterocycles. The minimum atomic E-state index is 0.558. The van der Waals surface area contributed by atoms with Gasteiger partial charge in [-0.25, -0.2) is 0 Å². The lowest BCUT2D eigenvalue weighted by molar-refractivity contribution is 0.148. The SMILES string of the molecule is CCO/N=c1/c2ccccc2n(CCCN)c2c(C)c(C)ccc12. The maximum Gasteiger partial charge on any atom is 0.121 e. The van der Waals surface area contributed by atoms with Gasteiger partial charge in [0.05, 0.1) is 11.0 Å². The molecule has 2 N–H and O–H groups in total. The van der Waals surface area contributed by atoms with Crippen LogP contribution in [0, 0.1) is 13.8 Å². The first-order valence-electron chi connectivity index (χ1n) is 8.56.